The van der Waals surface area contributed by atoms with Gasteiger partial charge in [0, 0.05) is 10.6 Å². The molecule has 1 amide bonds. The first-order chi connectivity index (χ1) is 11.8. The molecule has 25 heavy (non-hydrogen) atoms. The molecule has 0 unspecified atom stereocenters. The van der Waals surface area contributed by atoms with Crippen LogP contribution in [-0.2, 0) is 16.1 Å². The molecule has 0 fully saturated rings. The molecule has 0 radical (unpaired) electrons. The number of halogens is 1. The van der Waals surface area contributed by atoms with Crippen molar-refractivity contribution in [1.29, 1.82) is 0 Å². The molecule has 0 saturated carbocycles. The van der Waals surface area contributed by atoms with Gasteiger partial charge in [-0.05, 0) is 56.6 Å². The third-order valence-electron chi connectivity index (χ3n) is 3.27. The van der Waals surface area contributed by atoms with Crippen molar-refractivity contribution in [1.82, 2.24) is 10.2 Å². The van der Waals surface area contributed by atoms with Gasteiger partial charge in [-0.1, -0.05) is 18.5 Å². The molecule has 1 aromatic carbocycles. The first kappa shape index (κ1) is 19.3. The highest BCUT2D eigenvalue weighted by atomic mass is 35.5. The Balaban J connectivity index is 2.03. The van der Waals surface area contributed by atoms with Crippen molar-refractivity contribution in [3.63, 3.8) is 0 Å². The summed E-state index contributed by atoms with van der Waals surface area (Å²) >= 11 is 5.92. The molecule has 136 valence electrons. The molecule has 7 heteroatoms. The average Bonchev–Trinajstić information content (AvgIpc) is 2.96. The molecular formula is C18H23ClN2O4. The van der Waals surface area contributed by atoms with Crippen LogP contribution in [0.25, 0.3) is 11.3 Å². The summed E-state index contributed by atoms with van der Waals surface area (Å²) in [7, 11) is 0. The van der Waals surface area contributed by atoms with Gasteiger partial charge in [-0.2, -0.15) is 0 Å². The van der Waals surface area contributed by atoms with Gasteiger partial charge >= 0.3 is 0 Å². The van der Waals surface area contributed by atoms with E-state index in [2.05, 4.69) is 5.16 Å². The summed E-state index contributed by atoms with van der Waals surface area (Å²) in [5.74, 6) is 1.08. The highest BCUT2D eigenvalue weighted by Gasteiger charge is 2.19. The average molecular weight is 367 g/mol. The van der Waals surface area contributed by atoms with Crippen molar-refractivity contribution in [2.24, 2.45) is 0 Å². The number of rotatable bonds is 8. The van der Waals surface area contributed by atoms with Crippen molar-refractivity contribution in [2.45, 2.75) is 39.7 Å². The Bertz CT molecular complexity index is 692. The number of ether oxygens (including phenoxy) is 1. The summed E-state index contributed by atoms with van der Waals surface area (Å²) in [4.78, 5) is 16.6. The highest BCUT2D eigenvalue weighted by Crippen LogP contribution is 2.31. The maximum atomic E-state index is 11.1. The molecule has 0 N–H and O–H groups in total. The van der Waals surface area contributed by atoms with E-state index in [1.807, 2.05) is 39.8 Å². The van der Waals surface area contributed by atoms with E-state index in [0.29, 0.717) is 29.5 Å². The van der Waals surface area contributed by atoms with Crippen molar-refractivity contribution in [3.05, 3.63) is 34.9 Å². The normalized spacial score (nSPS) is 11.4. The molecule has 2 aromatic rings. The second-order valence-corrected chi connectivity index (χ2v) is 6.89. The minimum absolute atomic E-state index is 0.244. The largest absolute Gasteiger partial charge is 0.473 e. The lowest BCUT2D eigenvalue weighted by molar-refractivity contribution is -0.217. The summed E-state index contributed by atoms with van der Waals surface area (Å²) in [5.41, 5.74) is 1.30. The summed E-state index contributed by atoms with van der Waals surface area (Å²) in [5, 5.41) is 5.88. The van der Waals surface area contributed by atoms with Crippen LogP contribution in [0.2, 0.25) is 5.02 Å². The zero-order chi connectivity index (χ0) is 18.4. The van der Waals surface area contributed by atoms with Crippen molar-refractivity contribution < 1.29 is 18.9 Å². The van der Waals surface area contributed by atoms with Crippen molar-refractivity contribution in [3.8, 4) is 17.2 Å². The molecule has 0 bridgehead atoms. The zero-order valence-electron chi connectivity index (χ0n) is 14.9. The molecule has 1 aromatic heterocycles. The number of benzene rings is 1. The lowest BCUT2D eigenvalue weighted by Gasteiger charge is -2.26. The predicted molar refractivity (Wildman–Crippen MR) is 95.4 cm³/mol. The zero-order valence-corrected chi connectivity index (χ0v) is 15.7. The van der Waals surface area contributed by atoms with E-state index >= 15 is 0 Å². The Labute approximate surface area is 152 Å². The Morgan fingerprint density at radius 2 is 1.96 bits per heavy atom. The maximum Gasteiger partial charge on any atom is 0.258 e. The van der Waals surface area contributed by atoms with E-state index in [1.54, 1.807) is 12.1 Å². The Morgan fingerprint density at radius 3 is 2.52 bits per heavy atom. The number of hydroxylamine groups is 2. The Kier molecular flexibility index (Phi) is 6.45. The number of nitrogens with zero attached hydrogens (tertiary/aromatic N) is 2. The van der Waals surface area contributed by atoms with Crippen LogP contribution in [-0.4, -0.2) is 35.4 Å². The molecular weight excluding hydrogens is 344 g/mol. The minimum atomic E-state index is -0.453. The monoisotopic (exact) mass is 366 g/mol. The fourth-order valence-electron chi connectivity index (χ4n) is 2.25. The van der Waals surface area contributed by atoms with Crippen LogP contribution in [0, 0.1) is 0 Å². The van der Waals surface area contributed by atoms with E-state index < -0.39 is 5.60 Å². The van der Waals surface area contributed by atoms with Gasteiger partial charge < -0.3 is 9.26 Å². The van der Waals surface area contributed by atoms with Crippen molar-refractivity contribution in [2.75, 3.05) is 13.2 Å². The van der Waals surface area contributed by atoms with Crippen LogP contribution in [0.3, 0.4) is 0 Å². The standard InChI is InChI=1S/C18H23ClN2O4/c1-5-15-16(13-6-8-14(19)9-7-13)24-20-17(15)23-11-10-21(12-22)25-18(2,3)4/h6-9,12H,5,10-11H2,1-4H3. The second kappa shape index (κ2) is 8.36. The van der Waals surface area contributed by atoms with Crippen LogP contribution >= 0.6 is 11.6 Å². The SMILES string of the molecule is CCc1c(OCCN(C=O)OC(C)(C)C)noc1-c1ccc(Cl)cc1. The smallest absolute Gasteiger partial charge is 0.258 e. The highest BCUT2D eigenvalue weighted by molar-refractivity contribution is 6.30. The van der Waals surface area contributed by atoms with Crippen LogP contribution in [0.4, 0.5) is 0 Å². The quantitative estimate of drug-likeness (QED) is 0.519. The summed E-state index contributed by atoms with van der Waals surface area (Å²) in [6.45, 7) is 8.14. The third kappa shape index (κ3) is 5.47. The number of aromatic nitrogens is 1. The van der Waals surface area contributed by atoms with E-state index in [0.717, 1.165) is 11.1 Å². The van der Waals surface area contributed by atoms with Gasteiger partial charge in [-0.25, -0.2) is 5.06 Å². The molecule has 1 heterocycles. The first-order valence-corrected chi connectivity index (χ1v) is 8.50. The molecule has 0 spiro atoms. The molecule has 0 aliphatic rings. The topological polar surface area (TPSA) is 64.8 Å². The van der Waals surface area contributed by atoms with Gasteiger partial charge in [-0.15, -0.1) is 0 Å². The van der Waals surface area contributed by atoms with Crippen LogP contribution in [0.5, 0.6) is 5.88 Å². The van der Waals surface area contributed by atoms with E-state index in [9.17, 15) is 4.79 Å². The van der Waals surface area contributed by atoms with Crippen LogP contribution in [0.15, 0.2) is 28.8 Å². The lowest BCUT2D eigenvalue weighted by Crippen LogP contribution is -2.35. The molecule has 0 atom stereocenters. The lowest BCUT2D eigenvalue weighted by atomic mass is 10.1. The fraction of sp³-hybridized carbons (Fsp3) is 0.444. The van der Waals surface area contributed by atoms with Crippen molar-refractivity contribution >= 4 is 18.0 Å². The van der Waals surface area contributed by atoms with Crippen LogP contribution < -0.4 is 4.74 Å². The molecule has 2 rings (SSSR count). The van der Waals surface area contributed by atoms with Gasteiger partial charge in [0.25, 0.3) is 5.88 Å². The number of hydrogen-bond acceptors (Lipinski definition) is 5. The van der Waals surface area contributed by atoms with E-state index in [-0.39, 0.29) is 13.2 Å². The molecule has 0 aliphatic heterocycles. The first-order valence-electron chi connectivity index (χ1n) is 8.12. The minimum Gasteiger partial charge on any atom is -0.473 e. The number of carbonyl (C=O) groups is 1. The van der Waals surface area contributed by atoms with Gasteiger partial charge in [0.05, 0.1) is 17.7 Å². The summed E-state index contributed by atoms with van der Waals surface area (Å²) in [6.07, 6.45) is 1.34. The number of hydrogen-bond donors (Lipinski definition) is 0. The third-order valence-corrected chi connectivity index (χ3v) is 3.52. The Morgan fingerprint density at radius 1 is 1.28 bits per heavy atom. The van der Waals surface area contributed by atoms with Gasteiger partial charge in [0.15, 0.2) is 5.76 Å². The fourth-order valence-corrected chi connectivity index (χ4v) is 2.38. The van der Waals surface area contributed by atoms with Gasteiger partial charge in [0.1, 0.15) is 6.61 Å². The molecule has 0 saturated heterocycles. The maximum absolute atomic E-state index is 11.1. The van der Waals surface area contributed by atoms with E-state index in [4.69, 9.17) is 25.7 Å². The summed E-state index contributed by atoms with van der Waals surface area (Å²) in [6, 6.07) is 7.34. The van der Waals surface area contributed by atoms with Gasteiger partial charge in [0.2, 0.25) is 6.41 Å². The molecule has 0 aliphatic carbocycles. The van der Waals surface area contributed by atoms with E-state index in [1.165, 1.54) is 5.06 Å². The number of carbonyl (C=O) groups excluding carboxylic acids is 1. The Hall–Kier alpha value is -2.05. The summed E-state index contributed by atoms with van der Waals surface area (Å²) < 4.78 is 11.1. The van der Waals surface area contributed by atoms with Crippen LogP contribution in [0.1, 0.15) is 33.3 Å². The second-order valence-electron chi connectivity index (χ2n) is 6.45. The molecule has 6 nitrogen and oxygen atoms in total. The van der Waals surface area contributed by atoms with Gasteiger partial charge in [-0.3, -0.25) is 9.63 Å². The number of amides is 1. The predicted octanol–water partition coefficient (Wildman–Crippen LogP) is 4.12.